The maximum absolute atomic E-state index is 12.3. The molecule has 1 saturated heterocycles. The summed E-state index contributed by atoms with van der Waals surface area (Å²) in [6.45, 7) is 1.57. The Morgan fingerprint density at radius 1 is 1.38 bits per heavy atom. The molecular formula is C15H19N5O3S. The summed E-state index contributed by atoms with van der Waals surface area (Å²) in [6, 6.07) is 3.87. The molecule has 9 heteroatoms. The van der Waals surface area contributed by atoms with Crippen molar-refractivity contribution in [1.82, 2.24) is 25.1 Å². The molecule has 0 spiro atoms. The lowest BCUT2D eigenvalue weighted by molar-refractivity contribution is -0.148. The summed E-state index contributed by atoms with van der Waals surface area (Å²) in [5.41, 5.74) is 0. The van der Waals surface area contributed by atoms with Gasteiger partial charge in [-0.25, -0.2) is 0 Å². The number of nitrogens with zero attached hydrogens (tertiary/aromatic N) is 5. The molecule has 3 heterocycles. The Morgan fingerprint density at radius 2 is 2.17 bits per heavy atom. The average molecular weight is 349 g/mol. The van der Waals surface area contributed by atoms with Crippen LogP contribution in [0.3, 0.4) is 0 Å². The fourth-order valence-electron chi connectivity index (χ4n) is 2.73. The molecule has 128 valence electrons. The lowest BCUT2D eigenvalue weighted by Crippen LogP contribution is -2.40. The molecule has 0 saturated carbocycles. The number of aryl methyl sites for hydroxylation is 1. The summed E-state index contributed by atoms with van der Waals surface area (Å²) in [5, 5.41) is 14.2. The van der Waals surface area contributed by atoms with Crippen molar-refractivity contribution in [2.75, 3.05) is 20.2 Å². The molecule has 1 amide bonds. The van der Waals surface area contributed by atoms with Gasteiger partial charge >= 0.3 is 5.97 Å². The van der Waals surface area contributed by atoms with E-state index in [0.29, 0.717) is 44.7 Å². The van der Waals surface area contributed by atoms with Crippen molar-refractivity contribution in [1.29, 1.82) is 0 Å². The molecule has 0 radical (unpaired) electrons. The van der Waals surface area contributed by atoms with Gasteiger partial charge < -0.3 is 9.64 Å². The van der Waals surface area contributed by atoms with Crippen molar-refractivity contribution in [3.63, 3.8) is 0 Å². The van der Waals surface area contributed by atoms with Crippen molar-refractivity contribution >= 4 is 23.2 Å². The first-order valence-electron chi connectivity index (χ1n) is 7.84. The summed E-state index contributed by atoms with van der Waals surface area (Å²) in [6.07, 6.45) is 1.63. The Balaban J connectivity index is 1.47. The predicted octanol–water partition coefficient (Wildman–Crippen LogP) is 1.20. The molecule has 3 rings (SSSR count). The van der Waals surface area contributed by atoms with Gasteiger partial charge in [-0.3, -0.25) is 9.59 Å². The van der Waals surface area contributed by atoms with Crippen LogP contribution < -0.4 is 0 Å². The van der Waals surface area contributed by atoms with Gasteiger partial charge in [0, 0.05) is 19.5 Å². The average Bonchev–Trinajstić information content (AvgIpc) is 3.30. The van der Waals surface area contributed by atoms with Crippen LogP contribution in [0.1, 0.15) is 19.3 Å². The van der Waals surface area contributed by atoms with Crippen LogP contribution in [-0.4, -0.2) is 57.2 Å². The molecule has 0 atom stereocenters. The second-order valence-electron chi connectivity index (χ2n) is 5.61. The second kappa shape index (κ2) is 7.52. The minimum atomic E-state index is -0.185. The van der Waals surface area contributed by atoms with Gasteiger partial charge in [0.1, 0.15) is 0 Å². The van der Waals surface area contributed by atoms with E-state index in [4.69, 9.17) is 4.74 Å². The summed E-state index contributed by atoms with van der Waals surface area (Å²) < 4.78 is 4.76. The number of hydrogen-bond acceptors (Lipinski definition) is 7. The van der Waals surface area contributed by atoms with Crippen molar-refractivity contribution < 1.29 is 14.3 Å². The van der Waals surface area contributed by atoms with E-state index in [1.54, 1.807) is 16.2 Å². The summed E-state index contributed by atoms with van der Waals surface area (Å²) in [7, 11) is 1.40. The zero-order chi connectivity index (χ0) is 16.9. The summed E-state index contributed by atoms with van der Waals surface area (Å²) in [4.78, 5) is 28.0. The lowest BCUT2D eigenvalue weighted by Gasteiger charge is -2.30. The number of likely N-dealkylation sites (tertiary alicyclic amines) is 1. The molecule has 1 fully saturated rings. The molecule has 1 aliphatic rings. The molecule has 1 aliphatic heterocycles. The van der Waals surface area contributed by atoms with E-state index in [9.17, 15) is 9.59 Å². The molecule has 2 aromatic heterocycles. The Morgan fingerprint density at radius 3 is 2.83 bits per heavy atom. The zero-order valence-corrected chi connectivity index (χ0v) is 14.2. The third-order valence-electron chi connectivity index (χ3n) is 4.10. The first-order valence-corrected chi connectivity index (χ1v) is 8.72. The molecule has 0 unspecified atom stereocenters. The number of methoxy groups -OCH3 is 1. The van der Waals surface area contributed by atoms with E-state index in [0.717, 1.165) is 4.88 Å². The number of esters is 1. The highest BCUT2D eigenvalue weighted by atomic mass is 32.1. The number of tetrazole rings is 1. The number of carbonyl (C=O) groups is 2. The topological polar surface area (TPSA) is 90.2 Å². The van der Waals surface area contributed by atoms with Gasteiger partial charge in [0.25, 0.3) is 0 Å². The maximum atomic E-state index is 12.3. The normalized spacial score (nSPS) is 15.5. The van der Waals surface area contributed by atoms with E-state index in [1.807, 2.05) is 17.5 Å². The Labute approximate surface area is 143 Å². The molecule has 0 aliphatic carbocycles. The molecule has 0 bridgehead atoms. The highest BCUT2D eigenvalue weighted by Gasteiger charge is 2.27. The van der Waals surface area contributed by atoms with Crippen LogP contribution >= 0.6 is 11.3 Å². The maximum Gasteiger partial charge on any atom is 0.308 e. The Bertz CT molecular complexity index is 692. The molecule has 0 aromatic carbocycles. The van der Waals surface area contributed by atoms with Gasteiger partial charge in [-0.05, 0) is 29.5 Å². The molecule has 0 N–H and O–H groups in total. The van der Waals surface area contributed by atoms with Gasteiger partial charge in [-0.1, -0.05) is 6.07 Å². The minimum Gasteiger partial charge on any atom is -0.469 e. The summed E-state index contributed by atoms with van der Waals surface area (Å²) >= 11 is 1.55. The van der Waals surface area contributed by atoms with Crippen LogP contribution in [0.4, 0.5) is 0 Å². The zero-order valence-electron chi connectivity index (χ0n) is 13.4. The quantitative estimate of drug-likeness (QED) is 0.754. The smallest absolute Gasteiger partial charge is 0.308 e. The largest absolute Gasteiger partial charge is 0.469 e. The van der Waals surface area contributed by atoms with Gasteiger partial charge in [0.2, 0.25) is 11.7 Å². The van der Waals surface area contributed by atoms with Crippen LogP contribution in [-0.2, 0) is 20.9 Å². The van der Waals surface area contributed by atoms with Crippen LogP contribution in [0.15, 0.2) is 17.5 Å². The number of rotatable bonds is 5. The second-order valence-corrected chi connectivity index (χ2v) is 6.56. The van der Waals surface area contributed by atoms with E-state index in [2.05, 4.69) is 15.4 Å². The Kier molecular flexibility index (Phi) is 5.19. The third kappa shape index (κ3) is 3.78. The van der Waals surface area contributed by atoms with Gasteiger partial charge in [-0.15, -0.1) is 21.5 Å². The SMILES string of the molecule is COC(=O)C1CCN(C(=O)CCn2nnc(-c3cccs3)n2)CC1. The van der Waals surface area contributed by atoms with Crippen molar-refractivity contribution in [2.24, 2.45) is 5.92 Å². The van der Waals surface area contributed by atoms with E-state index in [1.165, 1.54) is 11.9 Å². The van der Waals surface area contributed by atoms with Crippen molar-refractivity contribution in [3.05, 3.63) is 17.5 Å². The van der Waals surface area contributed by atoms with E-state index < -0.39 is 0 Å². The van der Waals surface area contributed by atoms with Crippen molar-refractivity contribution in [3.8, 4) is 10.7 Å². The number of aromatic nitrogens is 4. The molecule has 2 aromatic rings. The lowest BCUT2D eigenvalue weighted by atomic mass is 9.97. The van der Waals surface area contributed by atoms with Gasteiger partial charge in [0.15, 0.2) is 0 Å². The highest BCUT2D eigenvalue weighted by Crippen LogP contribution is 2.20. The fourth-order valence-corrected chi connectivity index (χ4v) is 3.38. The molecule has 24 heavy (non-hydrogen) atoms. The van der Waals surface area contributed by atoms with Crippen LogP contribution in [0.2, 0.25) is 0 Å². The fraction of sp³-hybridized carbons (Fsp3) is 0.533. The van der Waals surface area contributed by atoms with Gasteiger partial charge in [-0.2, -0.15) is 4.80 Å². The number of amides is 1. The number of thiophene rings is 1. The standard InChI is InChI=1S/C15H19N5O3S/c1-23-15(22)11-4-7-19(8-5-11)13(21)6-9-20-17-14(16-18-20)12-3-2-10-24-12/h2-3,10-11H,4-9H2,1H3. The number of hydrogen-bond donors (Lipinski definition) is 0. The number of ether oxygens (including phenoxy) is 1. The van der Waals surface area contributed by atoms with Crippen LogP contribution in [0.25, 0.3) is 10.7 Å². The number of piperidine rings is 1. The summed E-state index contributed by atoms with van der Waals surface area (Å²) in [5.74, 6) is 0.351. The van der Waals surface area contributed by atoms with E-state index >= 15 is 0 Å². The Hall–Kier alpha value is -2.29. The molecule has 8 nitrogen and oxygen atoms in total. The first kappa shape index (κ1) is 16.6. The number of carbonyl (C=O) groups excluding carboxylic acids is 2. The van der Waals surface area contributed by atoms with Crippen molar-refractivity contribution in [2.45, 2.75) is 25.8 Å². The van der Waals surface area contributed by atoms with Crippen LogP contribution in [0, 0.1) is 5.92 Å². The first-order chi connectivity index (χ1) is 11.7. The van der Waals surface area contributed by atoms with Crippen LogP contribution in [0.5, 0.6) is 0 Å². The van der Waals surface area contributed by atoms with E-state index in [-0.39, 0.29) is 17.8 Å². The minimum absolute atomic E-state index is 0.0493. The molecular weight excluding hydrogens is 330 g/mol. The highest BCUT2D eigenvalue weighted by molar-refractivity contribution is 7.13. The monoisotopic (exact) mass is 349 g/mol. The van der Waals surface area contributed by atoms with Gasteiger partial charge in [0.05, 0.1) is 24.4 Å². The predicted molar refractivity (Wildman–Crippen MR) is 87.1 cm³/mol. The third-order valence-corrected chi connectivity index (χ3v) is 4.97.